The van der Waals surface area contributed by atoms with Gasteiger partial charge in [-0.3, -0.25) is 9.59 Å². The number of ketones is 1. The van der Waals surface area contributed by atoms with Crippen LogP contribution in [0.1, 0.15) is 21.5 Å². The van der Waals surface area contributed by atoms with Crippen LogP contribution in [0.15, 0.2) is 47.8 Å². The summed E-state index contributed by atoms with van der Waals surface area (Å²) in [6.45, 7) is 0. The van der Waals surface area contributed by atoms with Gasteiger partial charge < -0.3 is 5.11 Å². The molecule has 0 aliphatic carbocycles. The smallest absolute Gasteiger partial charge is 0.307 e. The van der Waals surface area contributed by atoms with Crippen LogP contribution in [0.25, 0.3) is 10.1 Å². The van der Waals surface area contributed by atoms with E-state index in [0.717, 1.165) is 10.1 Å². The van der Waals surface area contributed by atoms with Crippen LogP contribution in [0, 0.1) is 5.82 Å². The maximum absolute atomic E-state index is 13.0. The normalized spacial score (nSPS) is 10.8. The van der Waals surface area contributed by atoms with Gasteiger partial charge in [-0.1, -0.05) is 0 Å². The minimum atomic E-state index is -0.949. The molecule has 5 heteroatoms. The molecule has 0 atom stereocenters. The molecule has 22 heavy (non-hydrogen) atoms. The van der Waals surface area contributed by atoms with E-state index in [1.807, 2.05) is 11.4 Å². The number of fused-ring (bicyclic) bond motifs is 1. The summed E-state index contributed by atoms with van der Waals surface area (Å²) >= 11 is 1.43. The van der Waals surface area contributed by atoms with Gasteiger partial charge >= 0.3 is 5.97 Å². The number of benzene rings is 2. The quantitative estimate of drug-likeness (QED) is 0.743. The Balaban J connectivity index is 2.11. The lowest BCUT2D eigenvalue weighted by atomic mass is 9.98. The first-order chi connectivity index (χ1) is 10.5. The average molecular weight is 314 g/mol. The molecule has 1 N–H and O–H groups in total. The highest BCUT2D eigenvalue weighted by Gasteiger charge is 2.16. The van der Waals surface area contributed by atoms with E-state index in [9.17, 15) is 14.0 Å². The fraction of sp³-hybridized carbons (Fsp3) is 0.0588. The molecule has 0 amide bonds. The van der Waals surface area contributed by atoms with Crippen LogP contribution in [0.2, 0.25) is 0 Å². The fourth-order valence-corrected chi connectivity index (χ4v) is 3.24. The van der Waals surface area contributed by atoms with Crippen molar-refractivity contribution in [3.8, 4) is 0 Å². The van der Waals surface area contributed by atoms with Crippen molar-refractivity contribution >= 4 is 33.2 Å². The van der Waals surface area contributed by atoms with Gasteiger partial charge in [-0.2, -0.15) is 0 Å². The molecular formula is C17H11FO3S. The predicted octanol–water partition coefficient (Wildman–Crippen LogP) is 3.90. The van der Waals surface area contributed by atoms with Gasteiger partial charge in [0.25, 0.3) is 0 Å². The van der Waals surface area contributed by atoms with E-state index in [-0.39, 0.29) is 12.2 Å². The van der Waals surface area contributed by atoms with Crippen LogP contribution in [-0.4, -0.2) is 16.9 Å². The van der Waals surface area contributed by atoms with Gasteiger partial charge in [0, 0.05) is 15.8 Å². The molecule has 0 aliphatic heterocycles. The van der Waals surface area contributed by atoms with Crippen LogP contribution in [0.4, 0.5) is 4.39 Å². The molecule has 1 heterocycles. The highest BCUT2D eigenvalue weighted by Crippen LogP contribution is 2.28. The third kappa shape index (κ3) is 2.76. The first kappa shape index (κ1) is 14.4. The number of thiophene rings is 1. The Morgan fingerprint density at radius 3 is 2.50 bits per heavy atom. The van der Waals surface area contributed by atoms with Gasteiger partial charge in [0.05, 0.1) is 6.42 Å². The second kappa shape index (κ2) is 5.69. The highest BCUT2D eigenvalue weighted by molar-refractivity contribution is 7.17. The monoisotopic (exact) mass is 314 g/mol. The fourth-order valence-electron chi connectivity index (χ4n) is 2.35. The standard InChI is InChI=1S/C17H11FO3S/c18-13-3-1-11(2-4-13)16(21)14-8-10(9-15(19)20)7-12-5-6-22-17(12)14/h1-8H,9H2,(H,19,20). The third-order valence-corrected chi connectivity index (χ3v) is 4.28. The highest BCUT2D eigenvalue weighted by atomic mass is 32.1. The van der Waals surface area contributed by atoms with E-state index in [2.05, 4.69) is 0 Å². The largest absolute Gasteiger partial charge is 0.481 e. The molecule has 3 nitrogen and oxygen atoms in total. The molecule has 1 aromatic heterocycles. The van der Waals surface area contributed by atoms with Crippen molar-refractivity contribution in [1.29, 1.82) is 0 Å². The lowest BCUT2D eigenvalue weighted by molar-refractivity contribution is -0.136. The Hall–Kier alpha value is -2.53. The van der Waals surface area contributed by atoms with Gasteiger partial charge in [0.2, 0.25) is 0 Å². The van der Waals surface area contributed by atoms with E-state index in [1.54, 1.807) is 12.1 Å². The second-order valence-corrected chi connectivity index (χ2v) is 5.80. The summed E-state index contributed by atoms with van der Waals surface area (Å²) in [5.74, 6) is -1.59. The minimum Gasteiger partial charge on any atom is -0.481 e. The van der Waals surface area contributed by atoms with Crippen LogP contribution >= 0.6 is 11.3 Å². The lowest BCUT2D eigenvalue weighted by Gasteiger charge is -2.06. The summed E-state index contributed by atoms with van der Waals surface area (Å²) in [6.07, 6.45) is -0.143. The zero-order valence-corrected chi connectivity index (χ0v) is 12.2. The van der Waals surface area contributed by atoms with Crippen LogP contribution < -0.4 is 0 Å². The molecule has 0 unspecified atom stereocenters. The molecule has 0 spiro atoms. The SMILES string of the molecule is O=C(O)Cc1cc(C(=O)c2ccc(F)cc2)c2sccc2c1. The van der Waals surface area contributed by atoms with Crippen molar-refractivity contribution < 1.29 is 19.1 Å². The Morgan fingerprint density at radius 2 is 1.82 bits per heavy atom. The van der Waals surface area contributed by atoms with E-state index in [0.29, 0.717) is 16.7 Å². The van der Waals surface area contributed by atoms with Crippen LogP contribution in [-0.2, 0) is 11.2 Å². The summed E-state index contributed by atoms with van der Waals surface area (Å²) in [4.78, 5) is 23.6. The molecule has 2 aromatic carbocycles. The molecule has 0 bridgehead atoms. The molecule has 0 saturated carbocycles. The summed E-state index contributed by atoms with van der Waals surface area (Å²) in [7, 11) is 0. The van der Waals surface area contributed by atoms with Crippen molar-refractivity contribution in [3.05, 3.63) is 70.4 Å². The first-order valence-electron chi connectivity index (χ1n) is 6.57. The van der Waals surface area contributed by atoms with Crippen molar-refractivity contribution in [2.24, 2.45) is 0 Å². The average Bonchev–Trinajstić information content (AvgIpc) is 2.94. The van der Waals surface area contributed by atoms with Gasteiger partial charge in [0.1, 0.15) is 5.82 Å². The molecule has 0 fully saturated rings. The molecule has 0 aliphatic rings. The zero-order chi connectivity index (χ0) is 15.7. The van der Waals surface area contributed by atoms with Crippen molar-refractivity contribution in [1.82, 2.24) is 0 Å². The number of hydrogen-bond donors (Lipinski definition) is 1. The Labute approximate surface area is 129 Å². The molecule has 3 aromatic rings. The molecule has 3 rings (SSSR count). The summed E-state index contributed by atoms with van der Waals surface area (Å²) < 4.78 is 13.8. The maximum Gasteiger partial charge on any atom is 0.307 e. The number of hydrogen-bond acceptors (Lipinski definition) is 3. The molecule has 0 radical (unpaired) electrons. The number of rotatable bonds is 4. The van der Waals surface area contributed by atoms with Crippen LogP contribution in [0.5, 0.6) is 0 Å². The van der Waals surface area contributed by atoms with Gasteiger partial charge in [-0.05, 0) is 58.8 Å². The van der Waals surface area contributed by atoms with E-state index in [4.69, 9.17) is 5.11 Å². The number of carbonyl (C=O) groups is 2. The summed E-state index contributed by atoms with van der Waals surface area (Å²) in [6, 6.07) is 10.6. The Morgan fingerprint density at radius 1 is 1.09 bits per heavy atom. The van der Waals surface area contributed by atoms with Gasteiger partial charge in [0.15, 0.2) is 5.78 Å². The zero-order valence-electron chi connectivity index (χ0n) is 11.4. The minimum absolute atomic E-state index is 0.143. The van der Waals surface area contributed by atoms with E-state index < -0.39 is 11.8 Å². The van der Waals surface area contributed by atoms with Crippen molar-refractivity contribution in [2.75, 3.05) is 0 Å². The predicted molar refractivity (Wildman–Crippen MR) is 83.0 cm³/mol. The topological polar surface area (TPSA) is 54.4 Å². The number of carboxylic acid groups (broad SMARTS) is 1. The number of aliphatic carboxylic acids is 1. The van der Waals surface area contributed by atoms with Crippen molar-refractivity contribution in [2.45, 2.75) is 6.42 Å². The Kier molecular flexibility index (Phi) is 3.73. The second-order valence-electron chi connectivity index (χ2n) is 4.89. The van der Waals surface area contributed by atoms with Crippen LogP contribution in [0.3, 0.4) is 0 Å². The number of carbonyl (C=O) groups excluding carboxylic acids is 1. The molecule has 110 valence electrons. The van der Waals surface area contributed by atoms with Crippen molar-refractivity contribution in [3.63, 3.8) is 0 Å². The number of carboxylic acids is 1. The van der Waals surface area contributed by atoms with E-state index >= 15 is 0 Å². The summed E-state index contributed by atoms with van der Waals surface area (Å²) in [5.41, 5.74) is 1.41. The van der Waals surface area contributed by atoms with Gasteiger partial charge in [-0.25, -0.2) is 4.39 Å². The van der Waals surface area contributed by atoms with E-state index in [1.165, 1.54) is 35.6 Å². The molecular weight excluding hydrogens is 303 g/mol. The maximum atomic E-state index is 13.0. The third-order valence-electron chi connectivity index (χ3n) is 3.32. The lowest BCUT2D eigenvalue weighted by Crippen LogP contribution is -2.05. The van der Waals surface area contributed by atoms with Gasteiger partial charge in [-0.15, -0.1) is 11.3 Å². The number of halogens is 1. The summed E-state index contributed by atoms with van der Waals surface area (Å²) in [5, 5.41) is 11.6. The Bertz CT molecular complexity index is 865. The first-order valence-corrected chi connectivity index (χ1v) is 7.45. The molecule has 0 saturated heterocycles.